The Morgan fingerprint density at radius 1 is 1.36 bits per heavy atom. The van der Waals surface area contributed by atoms with Gasteiger partial charge >= 0.3 is 0 Å². The van der Waals surface area contributed by atoms with E-state index in [0.717, 1.165) is 17.7 Å². The van der Waals surface area contributed by atoms with Crippen LogP contribution in [0.2, 0.25) is 0 Å². The van der Waals surface area contributed by atoms with Gasteiger partial charge in [0.25, 0.3) is 5.56 Å². The minimum absolute atomic E-state index is 0.00658. The second-order valence-corrected chi connectivity index (χ2v) is 6.57. The molecule has 1 heterocycles. The summed E-state index contributed by atoms with van der Waals surface area (Å²) < 4.78 is 0. The summed E-state index contributed by atoms with van der Waals surface area (Å²) in [6, 6.07) is 10.3. The lowest BCUT2D eigenvalue weighted by atomic mass is 9.77. The van der Waals surface area contributed by atoms with E-state index in [9.17, 15) is 9.59 Å². The van der Waals surface area contributed by atoms with Crippen molar-refractivity contribution in [3.8, 4) is 6.07 Å². The fourth-order valence-electron chi connectivity index (χ4n) is 3.53. The Kier molecular flexibility index (Phi) is 4.71. The summed E-state index contributed by atoms with van der Waals surface area (Å²) in [7, 11) is 0. The van der Waals surface area contributed by atoms with Crippen molar-refractivity contribution in [1.29, 1.82) is 5.26 Å². The molecule has 1 aliphatic rings. The number of aromatic amines is 1. The molecule has 0 saturated carbocycles. The van der Waals surface area contributed by atoms with Crippen molar-refractivity contribution in [3.05, 3.63) is 68.1 Å². The number of aryl methyl sites for hydroxylation is 1. The number of benzene rings is 1. The van der Waals surface area contributed by atoms with E-state index in [-0.39, 0.29) is 17.0 Å². The largest absolute Gasteiger partial charge is 0.355 e. The van der Waals surface area contributed by atoms with E-state index in [1.54, 1.807) is 13.8 Å². The Morgan fingerprint density at radius 2 is 2.12 bits per heavy atom. The maximum Gasteiger partial charge on any atom is 0.266 e. The van der Waals surface area contributed by atoms with Crippen molar-refractivity contribution in [1.82, 2.24) is 10.3 Å². The number of carbonyl (C=O) groups excluding carboxylic acids is 1. The zero-order valence-electron chi connectivity index (χ0n) is 14.5. The van der Waals surface area contributed by atoms with Crippen LogP contribution in [0.5, 0.6) is 0 Å². The van der Waals surface area contributed by atoms with Gasteiger partial charge in [0.1, 0.15) is 11.6 Å². The van der Waals surface area contributed by atoms with Gasteiger partial charge in [-0.25, -0.2) is 0 Å². The average Bonchev–Trinajstić information content (AvgIpc) is 2.55. The number of H-pyrrole nitrogens is 1. The summed E-state index contributed by atoms with van der Waals surface area (Å²) in [5.74, 6) is 0.398. The summed E-state index contributed by atoms with van der Waals surface area (Å²) in [5, 5.41) is 12.1. The van der Waals surface area contributed by atoms with E-state index in [1.807, 2.05) is 18.2 Å². The lowest BCUT2D eigenvalue weighted by molar-refractivity contribution is -0.121. The lowest BCUT2D eigenvalue weighted by Gasteiger charge is -2.30. The van der Waals surface area contributed by atoms with Crippen LogP contribution in [0.25, 0.3) is 0 Å². The molecule has 5 nitrogen and oxygen atoms in total. The number of rotatable bonds is 5. The molecular formula is C20H21N3O2. The number of carbonyl (C=O) groups is 1. The maximum absolute atomic E-state index is 12.2. The van der Waals surface area contributed by atoms with Gasteiger partial charge in [-0.1, -0.05) is 24.3 Å². The van der Waals surface area contributed by atoms with Crippen LogP contribution in [0, 0.1) is 25.2 Å². The number of pyridine rings is 1. The molecule has 3 rings (SSSR count). The number of fused-ring (bicyclic) bond motifs is 1. The third-order valence-corrected chi connectivity index (χ3v) is 5.03. The fraction of sp³-hybridized carbons (Fsp3) is 0.350. The first-order valence-electron chi connectivity index (χ1n) is 8.48. The van der Waals surface area contributed by atoms with E-state index in [0.29, 0.717) is 30.9 Å². The van der Waals surface area contributed by atoms with E-state index < -0.39 is 0 Å². The molecule has 1 atom stereocenters. The normalized spacial score (nSPS) is 15.0. The topological polar surface area (TPSA) is 85.8 Å². The number of nitriles is 1. The van der Waals surface area contributed by atoms with E-state index in [1.165, 1.54) is 11.1 Å². The van der Waals surface area contributed by atoms with Crippen molar-refractivity contribution >= 4 is 5.91 Å². The highest BCUT2D eigenvalue weighted by molar-refractivity contribution is 5.76. The van der Waals surface area contributed by atoms with Gasteiger partial charge in [-0.05, 0) is 48.9 Å². The molecule has 1 amide bonds. The van der Waals surface area contributed by atoms with Crippen molar-refractivity contribution in [3.63, 3.8) is 0 Å². The predicted molar refractivity (Wildman–Crippen MR) is 95.5 cm³/mol. The molecular weight excluding hydrogens is 314 g/mol. The highest BCUT2D eigenvalue weighted by Gasteiger charge is 2.25. The van der Waals surface area contributed by atoms with Gasteiger partial charge < -0.3 is 10.3 Å². The molecule has 5 heteroatoms. The first-order valence-corrected chi connectivity index (χ1v) is 8.48. The monoisotopic (exact) mass is 335 g/mol. The molecule has 0 bridgehead atoms. The Morgan fingerprint density at radius 3 is 2.84 bits per heavy atom. The Labute approximate surface area is 146 Å². The zero-order chi connectivity index (χ0) is 18.0. The number of nitrogens with one attached hydrogen (secondary N) is 2. The second kappa shape index (κ2) is 6.94. The number of amides is 1. The predicted octanol–water partition coefficient (Wildman–Crippen LogP) is 2.25. The number of nitrogens with zero attached hydrogens (tertiary/aromatic N) is 1. The standard InChI is InChI=1S/C20H21N3O2/c1-12-16(13(2)23-20(25)18(12)10-21)7-8-19(24)22-11-15-9-14-5-3-4-6-17(14)15/h3-6,15H,7-9,11H2,1-2H3,(H,22,24)(H,23,25). The molecule has 1 aromatic heterocycles. The van der Waals surface area contributed by atoms with Crippen LogP contribution < -0.4 is 10.9 Å². The highest BCUT2D eigenvalue weighted by Crippen LogP contribution is 2.33. The van der Waals surface area contributed by atoms with Crippen LogP contribution in [0.3, 0.4) is 0 Å². The van der Waals surface area contributed by atoms with Gasteiger partial charge in [-0.2, -0.15) is 5.26 Å². The highest BCUT2D eigenvalue weighted by atomic mass is 16.1. The third kappa shape index (κ3) is 3.34. The minimum Gasteiger partial charge on any atom is -0.355 e. The Hall–Kier alpha value is -2.87. The summed E-state index contributed by atoms with van der Waals surface area (Å²) in [6.07, 6.45) is 1.86. The minimum atomic E-state index is -0.366. The average molecular weight is 335 g/mol. The summed E-state index contributed by atoms with van der Waals surface area (Å²) in [4.78, 5) is 26.6. The molecule has 1 unspecified atom stereocenters. The van der Waals surface area contributed by atoms with Crippen LogP contribution in [0.4, 0.5) is 0 Å². The molecule has 128 valence electrons. The maximum atomic E-state index is 12.2. The number of hydrogen-bond acceptors (Lipinski definition) is 3. The van der Waals surface area contributed by atoms with Crippen LogP contribution in [-0.4, -0.2) is 17.4 Å². The van der Waals surface area contributed by atoms with Gasteiger partial charge in [0.15, 0.2) is 0 Å². The van der Waals surface area contributed by atoms with Crippen molar-refractivity contribution in [2.45, 2.75) is 39.0 Å². The van der Waals surface area contributed by atoms with E-state index >= 15 is 0 Å². The molecule has 0 radical (unpaired) electrons. The number of aromatic nitrogens is 1. The molecule has 0 saturated heterocycles. The number of hydrogen-bond donors (Lipinski definition) is 2. The van der Waals surface area contributed by atoms with E-state index in [2.05, 4.69) is 22.4 Å². The van der Waals surface area contributed by atoms with Crippen molar-refractivity contribution in [2.75, 3.05) is 6.54 Å². The van der Waals surface area contributed by atoms with Crippen LogP contribution in [0.15, 0.2) is 29.1 Å². The molecule has 1 aliphatic carbocycles. The Bertz CT molecular complexity index is 922. The molecule has 0 fully saturated rings. The molecule has 2 aromatic rings. The van der Waals surface area contributed by atoms with Crippen molar-refractivity contribution in [2.24, 2.45) is 0 Å². The molecule has 0 aliphatic heterocycles. The second-order valence-electron chi connectivity index (χ2n) is 6.57. The lowest BCUT2D eigenvalue weighted by Crippen LogP contribution is -2.33. The molecule has 1 aromatic carbocycles. The van der Waals surface area contributed by atoms with Gasteiger partial charge in [0, 0.05) is 24.6 Å². The summed E-state index contributed by atoms with van der Waals surface area (Å²) in [6.45, 7) is 4.22. The fourth-order valence-corrected chi connectivity index (χ4v) is 3.53. The van der Waals surface area contributed by atoms with Gasteiger partial charge in [0.2, 0.25) is 5.91 Å². The first-order chi connectivity index (χ1) is 12.0. The smallest absolute Gasteiger partial charge is 0.266 e. The zero-order valence-corrected chi connectivity index (χ0v) is 14.5. The van der Waals surface area contributed by atoms with Crippen molar-refractivity contribution < 1.29 is 4.79 Å². The SMILES string of the molecule is Cc1[nH]c(=O)c(C#N)c(C)c1CCC(=O)NCC1Cc2ccccc21. The molecule has 2 N–H and O–H groups in total. The molecule has 25 heavy (non-hydrogen) atoms. The quantitative estimate of drug-likeness (QED) is 0.879. The van der Waals surface area contributed by atoms with Gasteiger partial charge in [-0.3, -0.25) is 9.59 Å². The third-order valence-electron chi connectivity index (χ3n) is 5.03. The van der Waals surface area contributed by atoms with Gasteiger partial charge in [0.05, 0.1) is 0 Å². The summed E-state index contributed by atoms with van der Waals surface area (Å²) >= 11 is 0. The van der Waals surface area contributed by atoms with E-state index in [4.69, 9.17) is 5.26 Å². The summed E-state index contributed by atoms with van der Waals surface area (Å²) in [5.41, 5.74) is 4.73. The van der Waals surface area contributed by atoms with Crippen LogP contribution in [0.1, 0.15) is 45.8 Å². The first kappa shape index (κ1) is 17.0. The van der Waals surface area contributed by atoms with Crippen LogP contribution in [-0.2, 0) is 17.6 Å². The van der Waals surface area contributed by atoms with Crippen LogP contribution >= 0.6 is 0 Å². The molecule has 0 spiro atoms. The van der Waals surface area contributed by atoms with Gasteiger partial charge in [-0.15, -0.1) is 0 Å². The Balaban J connectivity index is 1.57.